The van der Waals surface area contributed by atoms with E-state index >= 15 is 0 Å². The molecule has 0 aliphatic rings. The minimum Gasteiger partial charge on any atom is -0.399 e. The van der Waals surface area contributed by atoms with E-state index in [9.17, 15) is 0 Å². The van der Waals surface area contributed by atoms with Crippen LogP contribution in [0, 0.1) is 0 Å². The summed E-state index contributed by atoms with van der Waals surface area (Å²) < 4.78 is 3.25. The Morgan fingerprint density at radius 3 is 2.92 bits per heavy atom. The number of fused-ring (bicyclic) bond motifs is 1. The van der Waals surface area contributed by atoms with Crippen LogP contribution in [0.25, 0.3) is 10.1 Å². The number of anilines is 1. The Morgan fingerprint density at radius 1 is 1.42 bits per heavy atom. The Hall–Kier alpha value is -0.190. The van der Waals surface area contributed by atoms with E-state index in [1.54, 1.807) is 11.3 Å². The summed E-state index contributed by atoms with van der Waals surface area (Å²) in [5.74, 6) is 0. The molecule has 0 aliphatic heterocycles. The first-order chi connectivity index (χ1) is 5.68. The molecular weight excluding hydrogens is 254 g/mol. The molecule has 1 aromatic heterocycles. The molecule has 0 amide bonds. The normalized spacial score (nSPS) is 10.8. The van der Waals surface area contributed by atoms with Gasteiger partial charge in [0.2, 0.25) is 0 Å². The summed E-state index contributed by atoms with van der Waals surface area (Å²) in [5, 5.41) is 1.14. The van der Waals surface area contributed by atoms with E-state index in [1.807, 2.05) is 18.2 Å². The molecule has 1 nitrogen and oxygen atoms in total. The predicted molar refractivity (Wildman–Crippen MR) is 61.2 cm³/mol. The average molecular weight is 260 g/mol. The van der Waals surface area contributed by atoms with Crippen LogP contribution in [0.5, 0.6) is 0 Å². The highest BCUT2D eigenvalue weighted by Gasteiger charge is 2.06. The van der Waals surface area contributed by atoms with Gasteiger partial charge in [-0.25, -0.2) is 0 Å². The van der Waals surface area contributed by atoms with Crippen molar-refractivity contribution in [2.24, 2.45) is 0 Å². The lowest BCUT2D eigenvalue weighted by Gasteiger charge is -1.92. The van der Waals surface area contributed by atoms with Crippen LogP contribution in [0.4, 0.5) is 5.69 Å². The molecule has 1 aromatic carbocycles. The van der Waals surface area contributed by atoms with Gasteiger partial charge in [0.05, 0.1) is 4.21 Å². The van der Waals surface area contributed by atoms with Crippen molar-refractivity contribution in [1.29, 1.82) is 0 Å². The maximum Gasteiger partial charge on any atom is 0.0723 e. The fourth-order valence-electron chi connectivity index (χ4n) is 1.07. The lowest BCUT2D eigenvalue weighted by atomic mass is 10.2. The first kappa shape index (κ1) is 8.41. The van der Waals surface area contributed by atoms with Crippen LogP contribution in [0.2, 0.25) is 0 Å². The van der Waals surface area contributed by atoms with Crippen LogP contribution in [-0.4, -0.2) is 0 Å². The minimum absolute atomic E-state index is 0.786. The predicted octanol–water partition coefficient (Wildman–Crippen LogP) is 3.53. The van der Waals surface area contributed by atoms with E-state index < -0.39 is 0 Å². The van der Waals surface area contributed by atoms with E-state index in [4.69, 9.17) is 5.73 Å². The number of hydrogen-bond donors (Lipinski definition) is 2. The Labute approximate surface area is 88.1 Å². The van der Waals surface area contributed by atoms with Crippen LogP contribution in [0.1, 0.15) is 0 Å². The van der Waals surface area contributed by atoms with Crippen LogP contribution >= 0.6 is 39.9 Å². The Bertz CT molecular complexity index is 436. The first-order valence-corrected chi connectivity index (χ1v) is 5.40. The Kier molecular flexibility index (Phi) is 2.06. The minimum atomic E-state index is 0.786. The summed E-state index contributed by atoms with van der Waals surface area (Å²) in [6, 6.07) is 5.87. The molecule has 0 aliphatic carbocycles. The number of thiol groups is 1. The van der Waals surface area contributed by atoms with E-state index in [1.165, 1.54) is 4.70 Å². The van der Waals surface area contributed by atoms with Gasteiger partial charge >= 0.3 is 0 Å². The van der Waals surface area contributed by atoms with Crippen molar-refractivity contribution in [3.05, 3.63) is 22.7 Å². The van der Waals surface area contributed by atoms with Gasteiger partial charge in [0, 0.05) is 20.2 Å². The molecule has 2 aromatic rings. The molecule has 2 rings (SSSR count). The Balaban J connectivity index is 2.88. The van der Waals surface area contributed by atoms with Gasteiger partial charge in [0.15, 0.2) is 0 Å². The van der Waals surface area contributed by atoms with Crippen molar-refractivity contribution in [2.45, 2.75) is 4.21 Å². The van der Waals surface area contributed by atoms with E-state index in [0.717, 1.165) is 19.8 Å². The molecule has 0 radical (unpaired) electrons. The fourth-order valence-corrected chi connectivity index (χ4v) is 3.00. The van der Waals surface area contributed by atoms with Crippen LogP contribution in [0.15, 0.2) is 26.9 Å². The van der Waals surface area contributed by atoms with Gasteiger partial charge in [-0.3, -0.25) is 0 Å². The SMILES string of the molecule is Nc1ccc2sc(S)c(Br)c2c1. The molecule has 62 valence electrons. The molecule has 0 saturated carbocycles. The molecule has 0 fully saturated rings. The summed E-state index contributed by atoms with van der Waals surface area (Å²) in [6.45, 7) is 0. The molecular formula is C8H6BrNS2. The molecule has 0 saturated heterocycles. The number of nitrogens with two attached hydrogens (primary N) is 1. The standard InChI is InChI=1S/C8H6BrNS2/c9-7-5-3-4(10)1-2-6(5)12-8(7)11/h1-3,11H,10H2. The highest BCUT2D eigenvalue weighted by atomic mass is 79.9. The van der Waals surface area contributed by atoms with Crippen LogP contribution < -0.4 is 5.73 Å². The van der Waals surface area contributed by atoms with Crippen molar-refractivity contribution in [1.82, 2.24) is 0 Å². The quantitative estimate of drug-likeness (QED) is 0.550. The summed E-state index contributed by atoms with van der Waals surface area (Å²) in [4.78, 5) is 0. The number of nitrogen functional groups attached to an aromatic ring is 1. The van der Waals surface area contributed by atoms with Gasteiger partial charge in [-0.05, 0) is 34.1 Å². The van der Waals surface area contributed by atoms with E-state index in [-0.39, 0.29) is 0 Å². The van der Waals surface area contributed by atoms with Crippen molar-refractivity contribution in [2.75, 3.05) is 5.73 Å². The Morgan fingerprint density at radius 2 is 2.17 bits per heavy atom. The highest BCUT2D eigenvalue weighted by molar-refractivity contribution is 9.10. The number of hydrogen-bond acceptors (Lipinski definition) is 3. The number of halogens is 1. The average Bonchev–Trinajstić information content (AvgIpc) is 2.31. The maximum absolute atomic E-state index is 5.66. The third kappa shape index (κ3) is 1.24. The van der Waals surface area contributed by atoms with Crippen molar-refractivity contribution in [3.8, 4) is 0 Å². The van der Waals surface area contributed by atoms with E-state index in [2.05, 4.69) is 28.6 Å². The van der Waals surface area contributed by atoms with Gasteiger partial charge < -0.3 is 5.73 Å². The molecule has 4 heteroatoms. The second-order valence-electron chi connectivity index (χ2n) is 2.48. The lowest BCUT2D eigenvalue weighted by Crippen LogP contribution is -1.81. The number of benzene rings is 1. The zero-order chi connectivity index (χ0) is 8.72. The van der Waals surface area contributed by atoms with Gasteiger partial charge in [-0.1, -0.05) is 0 Å². The largest absolute Gasteiger partial charge is 0.399 e. The molecule has 0 spiro atoms. The summed E-state index contributed by atoms with van der Waals surface area (Å²) in [5.41, 5.74) is 6.45. The molecule has 2 N–H and O–H groups in total. The van der Waals surface area contributed by atoms with Gasteiger partial charge in [-0.15, -0.1) is 24.0 Å². The lowest BCUT2D eigenvalue weighted by molar-refractivity contribution is 1.69. The molecule has 12 heavy (non-hydrogen) atoms. The monoisotopic (exact) mass is 259 g/mol. The zero-order valence-electron chi connectivity index (χ0n) is 6.04. The second-order valence-corrected chi connectivity index (χ2v) is 5.07. The van der Waals surface area contributed by atoms with Crippen molar-refractivity contribution in [3.63, 3.8) is 0 Å². The van der Waals surface area contributed by atoms with Gasteiger partial charge in [-0.2, -0.15) is 0 Å². The first-order valence-electron chi connectivity index (χ1n) is 3.35. The zero-order valence-corrected chi connectivity index (χ0v) is 9.34. The third-order valence-electron chi connectivity index (χ3n) is 1.63. The number of thiophene rings is 1. The molecule has 0 unspecified atom stereocenters. The van der Waals surface area contributed by atoms with Crippen LogP contribution in [0.3, 0.4) is 0 Å². The summed E-state index contributed by atoms with van der Waals surface area (Å²) in [7, 11) is 0. The third-order valence-corrected chi connectivity index (χ3v) is 4.50. The highest BCUT2D eigenvalue weighted by Crippen LogP contribution is 2.38. The molecule has 0 atom stereocenters. The molecule has 0 bridgehead atoms. The smallest absolute Gasteiger partial charge is 0.0723 e. The van der Waals surface area contributed by atoms with Crippen molar-refractivity contribution < 1.29 is 0 Å². The van der Waals surface area contributed by atoms with Crippen LogP contribution in [-0.2, 0) is 0 Å². The summed E-state index contributed by atoms with van der Waals surface area (Å²) in [6.07, 6.45) is 0. The van der Waals surface area contributed by atoms with Gasteiger partial charge in [0.25, 0.3) is 0 Å². The maximum atomic E-state index is 5.66. The van der Waals surface area contributed by atoms with Gasteiger partial charge in [0.1, 0.15) is 0 Å². The van der Waals surface area contributed by atoms with E-state index in [0.29, 0.717) is 0 Å². The fraction of sp³-hybridized carbons (Fsp3) is 0. The summed E-state index contributed by atoms with van der Waals surface area (Å²) >= 11 is 9.43. The topological polar surface area (TPSA) is 26.0 Å². The molecule has 1 heterocycles. The number of rotatable bonds is 0. The van der Waals surface area contributed by atoms with Crippen molar-refractivity contribution >= 4 is 55.7 Å². The second kappa shape index (κ2) is 2.94.